The minimum Gasteiger partial charge on any atom is -0.457 e. The molecule has 0 bridgehead atoms. The van der Waals surface area contributed by atoms with Gasteiger partial charge in [-0.2, -0.15) is 0 Å². The minimum atomic E-state index is -1.17. The van der Waals surface area contributed by atoms with Gasteiger partial charge in [0, 0.05) is 75.8 Å². The molecule has 4 aliphatic heterocycles. The molecule has 344 valence electrons. The van der Waals surface area contributed by atoms with E-state index in [0.29, 0.717) is 51.5 Å². The predicted octanol–water partition coefficient (Wildman–Crippen LogP) is 5.63. The second kappa shape index (κ2) is 22.8. The SMILES string of the molecule is CC[C@@H]1CN(C(=O)O[C@H]2/C=C/[C@H](C)[C@@H](/C(C)=C/C=C/[C@](C)(O)C[C@H]3O[C@@H]3[C@H](C)[C@@H](O)CC)OC(=O)C[C@H](O)CC[C@@]2(C)OC)CCN1C(C)CCCCCN1C(=O)C=CC1=O. The van der Waals surface area contributed by atoms with Gasteiger partial charge in [0.25, 0.3) is 11.8 Å². The van der Waals surface area contributed by atoms with Gasteiger partial charge in [0.05, 0.1) is 36.4 Å². The van der Waals surface area contributed by atoms with E-state index in [-0.39, 0.29) is 54.7 Å². The van der Waals surface area contributed by atoms with E-state index in [4.69, 9.17) is 18.9 Å². The molecule has 0 aliphatic carbocycles. The molecule has 2 saturated heterocycles. The molecule has 0 spiro atoms. The molecule has 0 radical (unpaired) electrons. The van der Waals surface area contributed by atoms with Crippen molar-refractivity contribution in [2.45, 2.75) is 180 Å². The van der Waals surface area contributed by atoms with Crippen molar-refractivity contribution in [1.82, 2.24) is 14.7 Å². The fourth-order valence-electron chi connectivity index (χ4n) is 8.87. The number of allylic oxidation sites excluding steroid dienone is 2. The number of imide groups is 1. The molecule has 0 aromatic heterocycles. The normalized spacial score (nSPS) is 32.5. The van der Waals surface area contributed by atoms with Crippen LogP contribution in [-0.4, -0.2) is 147 Å². The second-order valence-corrected chi connectivity index (χ2v) is 18.3. The Morgan fingerprint density at radius 1 is 1.10 bits per heavy atom. The molecule has 61 heavy (non-hydrogen) atoms. The maximum absolute atomic E-state index is 14.0. The van der Waals surface area contributed by atoms with Gasteiger partial charge < -0.3 is 39.2 Å². The number of carbonyl (C=O) groups excluding carboxylic acids is 4. The Labute approximate surface area is 364 Å². The number of cyclic esters (lactones) is 1. The van der Waals surface area contributed by atoms with Crippen LogP contribution < -0.4 is 0 Å². The smallest absolute Gasteiger partial charge is 0.410 e. The summed E-state index contributed by atoms with van der Waals surface area (Å²) in [5.41, 5.74) is -1.46. The molecule has 12 atom stereocenters. The Bertz CT molecular complexity index is 1590. The summed E-state index contributed by atoms with van der Waals surface area (Å²) in [7, 11) is 1.56. The maximum atomic E-state index is 14.0. The minimum absolute atomic E-state index is 0.0220. The van der Waals surface area contributed by atoms with Gasteiger partial charge in [0.15, 0.2) is 6.10 Å². The molecule has 0 aromatic rings. The number of rotatable bonds is 18. The van der Waals surface area contributed by atoms with E-state index >= 15 is 0 Å². The number of unbranched alkanes of at least 4 members (excludes halogenated alkanes) is 2. The number of aliphatic hydroxyl groups is 3. The van der Waals surface area contributed by atoms with E-state index in [1.807, 2.05) is 40.7 Å². The van der Waals surface area contributed by atoms with Gasteiger partial charge in [-0.05, 0) is 77.9 Å². The van der Waals surface area contributed by atoms with E-state index in [0.717, 1.165) is 37.7 Å². The van der Waals surface area contributed by atoms with Gasteiger partial charge in [0.1, 0.15) is 11.7 Å². The summed E-state index contributed by atoms with van der Waals surface area (Å²) in [6.07, 6.45) is 13.7. The monoisotopic (exact) mass is 858 g/mol. The van der Waals surface area contributed by atoms with Crippen LogP contribution in [0.4, 0.5) is 4.79 Å². The highest BCUT2D eigenvalue weighted by Crippen LogP contribution is 2.38. The molecule has 14 heteroatoms. The van der Waals surface area contributed by atoms with Crippen LogP contribution in [0.5, 0.6) is 0 Å². The van der Waals surface area contributed by atoms with Crippen LogP contribution in [-0.2, 0) is 33.3 Å². The number of hydrogen-bond donors (Lipinski definition) is 3. The third-order valence-corrected chi connectivity index (χ3v) is 13.3. The number of methoxy groups -OCH3 is 1. The summed E-state index contributed by atoms with van der Waals surface area (Å²) in [6.45, 7) is 17.7. The fraction of sp³-hybridized carbons (Fsp3) is 0.745. The summed E-state index contributed by atoms with van der Waals surface area (Å²) in [4.78, 5) is 56.3. The van der Waals surface area contributed by atoms with Gasteiger partial charge in [-0.25, -0.2) is 4.79 Å². The van der Waals surface area contributed by atoms with Gasteiger partial charge >= 0.3 is 12.1 Å². The van der Waals surface area contributed by atoms with Crippen LogP contribution in [0.2, 0.25) is 0 Å². The predicted molar refractivity (Wildman–Crippen MR) is 232 cm³/mol. The zero-order valence-corrected chi connectivity index (χ0v) is 38.2. The lowest BCUT2D eigenvalue weighted by molar-refractivity contribution is -0.151. The van der Waals surface area contributed by atoms with E-state index in [1.165, 1.54) is 17.1 Å². The molecule has 14 nitrogen and oxygen atoms in total. The summed E-state index contributed by atoms with van der Waals surface area (Å²) in [6, 6.07) is 0.436. The lowest BCUT2D eigenvalue weighted by Gasteiger charge is -2.44. The van der Waals surface area contributed by atoms with E-state index in [9.17, 15) is 34.5 Å². The molecule has 2 fully saturated rings. The highest BCUT2D eigenvalue weighted by atomic mass is 16.6. The highest BCUT2D eigenvalue weighted by Gasteiger charge is 2.47. The number of epoxide rings is 1. The molecule has 4 aliphatic rings. The van der Waals surface area contributed by atoms with Crippen LogP contribution in [0.15, 0.2) is 48.1 Å². The first-order chi connectivity index (χ1) is 28.8. The van der Waals surface area contributed by atoms with Gasteiger partial charge in [-0.3, -0.25) is 24.2 Å². The number of hydrogen-bond acceptors (Lipinski definition) is 12. The Morgan fingerprint density at radius 2 is 1.80 bits per heavy atom. The van der Waals surface area contributed by atoms with Gasteiger partial charge in [-0.1, -0.05) is 64.8 Å². The summed E-state index contributed by atoms with van der Waals surface area (Å²) < 4.78 is 24.1. The Morgan fingerprint density at radius 3 is 2.46 bits per heavy atom. The number of amides is 3. The van der Waals surface area contributed by atoms with Crippen LogP contribution in [0.3, 0.4) is 0 Å². The average molecular weight is 858 g/mol. The quantitative estimate of drug-likeness (QED) is 0.0387. The van der Waals surface area contributed by atoms with Crippen LogP contribution >= 0.6 is 0 Å². The first kappa shape index (κ1) is 50.2. The molecule has 4 rings (SSSR count). The summed E-state index contributed by atoms with van der Waals surface area (Å²) in [5, 5.41) is 32.3. The van der Waals surface area contributed by atoms with E-state index in [1.54, 1.807) is 43.2 Å². The van der Waals surface area contributed by atoms with Crippen molar-refractivity contribution in [2.24, 2.45) is 11.8 Å². The van der Waals surface area contributed by atoms with Crippen molar-refractivity contribution in [2.75, 3.05) is 33.3 Å². The van der Waals surface area contributed by atoms with Crippen molar-refractivity contribution in [3.8, 4) is 0 Å². The van der Waals surface area contributed by atoms with Crippen LogP contribution in [0.1, 0.15) is 120 Å². The molecule has 1 unspecified atom stereocenters. The zero-order valence-electron chi connectivity index (χ0n) is 38.2. The zero-order chi connectivity index (χ0) is 45.1. The van der Waals surface area contributed by atoms with Crippen LogP contribution in [0, 0.1) is 11.8 Å². The lowest BCUT2D eigenvalue weighted by Crippen LogP contribution is -2.58. The lowest BCUT2D eigenvalue weighted by atomic mass is 9.88. The van der Waals surface area contributed by atoms with Crippen molar-refractivity contribution in [3.05, 3.63) is 48.1 Å². The summed E-state index contributed by atoms with van der Waals surface area (Å²) >= 11 is 0. The molecule has 3 amide bonds. The number of carbonyl (C=O) groups is 4. The fourth-order valence-corrected chi connectivity index (χ4v) is 8.87. The topological polar surface area (TPSA) is 179 Å². The first-order valence-corrected chi connectivity index (χ1v) is 22.6. The Balaban J connectivity index is 1.40. The van der Waals surface area contributed by atoms with Crippen molar-refractivity contribution in [3.63, 3.8) is 0 Å². The number of nitrogens with zero attached hydrogens (tertiary/aromatic N) is 3. The van der Waals surface area contributed by atoms with Gasteiger partial charge in [0.2, 0.25) is 0 Å². The third kappa shape index (κ3) is 14.3. The Hall–Kier alpha value is -3.40. The molecular weight excluding hydrogens is 783 g/mol. The van der Waals surface area contributed by atoms with Crippen molar-refractivity contribution in [1.29, 1.82) is 0 Å². The number of aliphatic hydroxyl groups excluding tert-OH is 2. The third-order valence-electron chi connectivity index (χ3n) is 13.3. The summed E-state index contributed by atoms with van der Waals surface area (Å²) in [5.74, 6) is -1.40. The molecule has 3 N–H and O–H groups in total. The average Bonchev–Trinajstić information content (AvgIpc) is 3.91. The molecule has 0 saturated carbocycles. The second-order valence-electron chi connectivity index (χ2n) is 18.3. The van der Waals surface area contributed by atoms with E-state index in [2.05, 4.69) is 18.7 Å². The molecule has 0 aromatic carbocycles. The highest BCUT2D eigenvalue weighted by molar-refractivity contribution is 6.12. The Kier molecular flexibility index (Phi) is 18.8. The largest absolute Gasteiger partial charge is 0.457 e. The number of esters is 1. The standard InChI is InChI=1S/C47H75N3O11/c1-10-35-30-48(26-27-49(35)33(5)17-13-12-14-25-50-40(53)20-21-41(50)54)45(56)60-39-19-18-32(4)43(61-42(55)28-36(51)22-24-47(39,8)58-9)31(3)16-15-23-46(7,57)29-38-44(59-38)34(6)37(52)11-2/h15-16,18-21,23,32-39,43-44,51-52,57H,10-14,17,22,24-30H2,1-9H3/b19-18+,23-15+,31-16+/t32-,33?,34+,35+,36+,37-,38+,39-,43+,44+,46-,47+/m0/s1. The molecular formula is C47H75N3O11. The van der Waals surface area contributed by atoms with Crippen molar-refractivity contribution < 1.29 is 53.4 Å². The molecule has 4 heterocycles. The maximum Gasteiger partial charge on any atom is 0.410 e. The van der Waals surface area contributed by atoms with Crippen LogP contribution in [0.25, 0.3) is 0 Å². The van der Waals surface area contributed by atoms with Crippen molar-refractivity contribution >= 4 is 23.9 Å². The number of piperazine rings is 1. The number of ether oxygens (including phenoxy) is 4. The van der Waals surface area contributed by atoms with E-state index < -0.39 is 47.7 Å². The first-order valence-electron chi connectivity index (χ1n) is 22.6. The van der Waals surface area contributed by atoms with Gasteiger partial charge in [-0.15, -0.1) is 0 Å².